The van der Waals surface area contributed by atoms with Crippen LogP contribution in [0.3, 0.4) is 0 Å². The zero-order valence-electron chi connectivity index (χ0n) is 12.0. The Morgan fingerprint density at radius 1 is 0.810 bits per heavy atom. The Kier molecular flexibility index (Phi) is 4.77. The first-order chi connectivity index (χ1) is 10.1. The Hall–Kier alpha value is -2.56. The van der Waals surface area contributed by atoms with Crippen molar-refractivity contribution in [3.63, 3.8) is 0 Å². The van der Waals surface area contributed by atoms with Crippen LogP contribution in [-0.4, -0.2) is 20.3 Å². The maximum absolute atomic E-state index is 10.7. The average molecular weight is 282 g/mol. The fraction of sp³-hybridized carbons (Fsp3) is 0.125. The van der Waals surface area contributed by atoms with E-state index in [0.29, 0.717) is 22.6 Å². The van der Waals surface area contributed by atoms with Crippen LogP contribution in [0, 0.1) is 13.8 Å². The van der Waals surface area contributed by atoms with Crippen molar-refractivity contribution in [2.24, 2.45) is 0 Å². The van der Waals surface area contributed by atoms with Gasteiger partial charge in [0.05, 0.1) is 0 Å². The molecular weight excluding hydrogens is 267 g/mol. The van der Waals surface area contributed by atoms with Crippen molar-refractivity contribution in [2.75, 3.05) is 0 Å². The van der Waals surface area contributed by atoms with Crippen molar-refractivity contribution >= 4 is 20.3 Å². The summed E-state index contributed by atoms with van der Waals surface area (Å²) in [5.41, 5.74) is 2.97. The van der Waals surface area contributed by atoms with Gasteiger partial charge >= 0.3 is 7.69 Å². The molecule has 0 unspecified atom stereocenters. The van der Waals surface area contributed by atoms with E-state index in [0.717, 1.165) is 23.7 Å². The van der Waals surface area contributed by atoms with Gasteiger partial charge in [-0.2, -0.15) is 0 Å². The molecule has 0 bridgehead atoms. The third kappa shape index (κ3) is 3.72. The quantitative estimate of drug-likeness (QED) is 0.603. The second-order valence-electron chi connectivity index (χ2n) is 4.69. The van der Waals surface area contributed by atoms with Crippen LogP contribution in [-0.2, 0) is 0 Å². The summed E-state index contributed by atoms with van der Waals surface area (Å²) in [4.78, 5) is 21.3. The van der Waals surface area contributed by atoms with Crippen LogP contribution in [0.25, 0.3) is 0 Å². The SMILES string of the molecule is Cc1cc(C=O)ccc1OBOc1ccc(C=O)cc1C. The predicted molar refractivity (Wildman–Crippen MR) is 81.5 cm³/mol. The molecule has 0 fully saturated rings. The number of rotatable bonds is 6. The molecule has 0 N–H and O–H groups in total. The first-order valence-corrected chi connectivity index (χ1v) is 6.51. The lowest BCUT2D eigenvalue weighted by molar-refractivity contribution is 0.111. The van der Waals surface area contributed by atoms with Gasteiger partial charge in [-0.25, -0.2) is 0 Å². The molecule has 0 heterocycles. The summed E-state index contributed by atoms with van der Waals surface area (Å²) in [6.07, 6.45) is 1.59. The Balaban J connectivity index is 1.98. The fourth-order valence-electron chi connectivity index (χ4n) is 1.97. The van der Waals surface area contributed by atoms with Gasteiger partial charge in [-0.3, -0.25) is 9.59 Å². The van der Waals surface area contributed by atoms with Crippen molar-refractivity contribution in [3.8, 4) is 11.5 Å². The normalized spacial score (nSPS) is 9.81. The van der Waals surface area contributed by atoms with Gasteiger partial charge in [0, 0.05) is 11.1 Å². The number of aldehydes is 2. The summed E-state index contributed by atoms with van der Waals surface area (Å²) in [5.74, 6) is 1.34. The van der Waals surface area contributed by atoms with Gasteiger partial charge in [-0.1, -0.05) is 0 Å². The van der Waals surface area contributed by atoms with Crippen LogP contribution in [0.1, 0.15) is 31.8 Å². The molecule has 2 rings (SSSR count). The second kappa shape index (κ2) is 6.75. The topological polar surface area (TPSA) is 52.6 Å². The summed E-state index contributed by atoms with van der Waals surface area (Å²) < 4.78 is 11.1. The molecule has 0 saturated heterocycles. The second-order valence-corrected chi connectivity index (χ2v) is 4.69. The van der Waals surface area contributed by atoms with Crippen molar-refractivity contribution < 1.29 is 18.9 Å². The first-order valence-electron chi connectivity index (χ1n) is 6.51. The molecule has 0 aliphatic heterocycles. The molecule has 2 aromatic rings. The highest BCUT2D eigenvalue weighted by atomic mass is 16.6. The lowest BCUT2D eigenvalue weighted by Gasteiger charge is -2.11. The first kappa shape index (κ1) is 14.8. The van der Waals surface area contributed by atoms with E-state index in [1.807, 2.05) is 13.8 Å². The van der Waals surface area contributed by atoms with Gasteiger partial charge in [-0.15, -0.1) is 0 Å². The van der Waals surface area contributed by atoms with Crippen LogP contribution < -0.4 is 9.31 Å². The largest absolute Gasteiger partial charge is 0.576 e. The predicted octanol–water partition coefficient (Wildman–Crippen LogP) is 2.65. The van der Waals surface area contributed by atoms with E-state index >= 15 is 0 Å². The van der Waals surface area contributed by atoms with Crippen molar-refractivity contribution in [1.82, 2.24) is 0 Å². The van der Waals surface area contributed by atoms with E-state index in [2.05, 4.69) is 0 Å². The fourth-order valence-corrected chi connectivity index (χ4v) is 1.97. The maximum Gasteiger partial charge on any atom is 0.576 e. The van der Waals surface area contributed by atoms with E-state index in [9.17, 15) is 9.59 Å². The van der Waals surface area contributed by atoms with Crippen LogP contribution >= 0.6 is 0 Å². The molecule has 4 nitrogen and oxygen atoms in total. The number of aryl methyl sites for hydroxylation is 2. The van der Waals surface area contributed by atoms with Gasteiger partial charge in [0.1, 0.15) is 24.1 Å². The number of hydrogen-bond donors (Lipinski definition) is 0. The molecule has 106 valence electrons. The van der Waals surface area contributed by atoms with Gasteiger partial charge in [-0.05, 0) is 61.4 Å². The Morgan fingerprint density at radius 2 is 1.24 bits per heavy atom. The molecule has 0 radical (unpaired) electrons. The summed E-state index contributed by atoms with van der Waals surface area (Å²) >= 11 is 0. The third-order valence-corrected chi connectivity index (χ3v) is 3.10. The number of hydrogen-bond acceptors (Lipinski definition) is 4. The zero-order valence-corrected chi connectivity index (χ0v) is 12.0. The van der Waals surface area contributed by atoms with Crippen molar-refractivity contribution in [2.45, 2.75) is 13.8 Å². The highest BCUT2D eigenvalue weighted by Gasteiger charge is 2.06. The monoisotopic (exact) mass is 282 g/mol. The molecule has 0 aromatic heterocycles. The maximum atomic E-state index is 10.7. The Bertz CT molecular complexity index is 610. The van der Waals surface area contributed by atoms with Crippen LogP contribution in [0.5, 0.6) is 11.5 Å². The molecule has 21 heavy (non-hydrogen) atoms. The van der Waals surface area contributed by atoms with E-state index in [4.69, 9.17) is 9.31 Å². The van der Waals surface area contributed by atoms with Crippen molar-refractivity contribution in [1.29, 1.82) is 0 Å². The Labute approximate surface area is 124 Å². The average Bonchev–Trinajstić information content (AvgIpc) is 2.50. The van der Waals surface area contributed by atoms with E-state index in [1.165, 1.54) is 0 Å². The van der Waals surface area contributed by atoms with Gasteiger partial charge in [0.15, 0.2) is 0 Å². The van der Waals surface area contributed by atoms with Gasteiger partial charge in [0.25, 0.3) is 0 Å². The lowest BCUT2D eigenvalue weighted by atomic mass is 10.1. The molecule has 0 atom stereocenters. The molecule has 0 saturated carbocycles. The summed E-state index contributed by atoms with van der Waals surface area (Å²) in [6.45, 7) is 3.74. The van der Waals surface area contributed by atoms with Crippen LogP contribution in [0.2, 0.25) is 0 Å². The lowest BCUT2D eigenvalue weighted by Crippen LogP contribution is -2.12. The van der Waals surface area contributed by atoms with Crippen LogP contribution in [0.4, 0.5) is 0 Å². The van der Waals surface area contributed by atoms with Crippen LogP contribution in [0.15, 0.2) is 36.4 Å². The molecule has 2 aromatic carbocycles. The number of benzene rings is 2. The highest BCUT2D eigenvalue weighted by Crippen LogP contribution is 2.20. The standard InChI is InChI=1S/C16H15BO4/c1-11-7-13(9-18)3-5-15(11)20-17-21-16-6-4-14(10-19)8-12(16)2/h3-10,17H,1-2H3. The minimum Gasteiger partial charge on any atom is -0.528 e. The van der Waals surface area contributed by atoms with Gasteiger partial charge in [0.2, 0.25) is 0 Å². The summed E-state index contributed by atoms with van der Waals surface area (Å²) in [7, 11) is 0.0581. The summed E-state index contributed by atoms with van der Waals surface area (Å²) in [6, 6.07) is 10.4. The van der Waals surface area contributed by atoms with E-state index in [-0.39, 0.29) is 7.69 Å². The molecule has 0 aliphatic rings. The Morgan fingerprint density at radius 3 is 1.57 bits per heavy atom. The minimum absolute atomic E-state index is 0.0581. The molecule has 0 amide bonds. The van der Waals surface area contributed by atoms with Crippen molar-refractivity contribution in [3.05, 3.63) is 58.7 Å². The highest BCUT2D eigenvalue weighted by molar-refractivity contribution is 6.20. The van der Waals surface area contributed by atoms with E-state index < -0.39 is 0 Å². The zero-order chi connectivity index (χ0) is 15.2. The summed E-state index contributed by atoms with van der Waals surface area (Å²) in [5, 5.41) is 0. The van der Waals surface area contributed by atoms with E-state index in [1.54, 1.807) is 36.4 Å². The number of carbonyl (C=O) groups is 2. The molecule has 0 spiro atoms. The molecule has 0 aliphatic carbocycles. The molecular formula is C16H15BO4. The third-order valence-electron chi connectivity index (χ3n) is 3.10. The minimum atomic E-state index is 0.0581. The number of carbonyl (C=O) groups excluding carboxylic acids is 2. The van der Waals surface area contributed by atoms with Gasteiger partial charge < -0.3 is 9.31 Å². The smallest absolute Gasteiger partial charge is 0.528 e. The molecule has 5 heteroatoms.